The summed E-state index contributed by atoms with van der Waals surface area (Å²) in [5.41, 5.74) is 1.08. The van der Waals surface area contributed by atoms with Crippen molar-refractivity contribution in [2.24, 2.45) is 0 Å². The Balaban J connectivity index is 2.68. The van der Waals surface area contributed by atoms with E-state index in [4.69, 9.17) is 4.74 Å². The third-order valence-corrected chi connectivity index (χ3v) is 3.32. The Labute approximate surface area is 115 Å². The van der Waals surface area contributed by atoms with Crippen LogP contribution in [0.1, 0.15) is 57.6 Å². The summed E-state index contributed by atoms with van der Waals surface area (Å²) in [5, 5.41) is 10.4. The molecule has 0 saturated carbocycles. The van der Waals surface area contributed by atoms with Crippen molar-refractivity contribution in [1.29, 1.82) is 0 Å². The van der Waals surface area contributed by atoms with Gasteiger partial charge < -0.3 is 9.84 Å². The molecule has 0 aliphatic heterocycles. The molecule has 3 heteroatoms. The minimum absolute atomic E-state index is 0.229. The maximum atomic E-state index is 11.3. The van der Waals surface area contributed by atoms with Crippen LogP contribution < -0.4 is 0 Å². The standard InChI is InChI=1S/C16H24O3/c1-5-19-15(17)10-11-16(4,18)14-8-6-13(7-9-14)12(2)3/h6-9,12,18H,5,10-11H2,1-4H3. The third-order valence-electron chi connectivity index (χ3n) is 3.32. The van der Waals surface area contributed by atoms with Crippen molar-refractivity contribution in [2.45, 2.75) is 52.1 Å². The van der Waals surface area contributed by atoms with Gasteiger partial charge in [0.15, 0.2) is 0 Å². The Morgan fingerprint density at radius 1 is 1.32 bits per heavy atom. The van der Waals surface area contributed by atoms with Gasteiger partial charge in [0.2, 0.25) is 0 Å². The van der Waals surface area contributed by atoms with Crippen molar-refractivity contribution in [3.63, 3.8) is 0 Å². The fourth-order valence-corrected chi connectivity index (χ4v) is 1.95. The molecule has 1 rings (SSSR count). The van der Waals surface area contributed by atoms with E-state index in [0.29, 0.717) is 18.9 Å². The SMILES string of the molecule is CCOC(=O)CCC(C)(O)c1ccc(C(C)C)cc1. The summed E-state index contributed by atoms with van der Waals surface area (Å²) in [4.78, 5) is 11.3. The van der Waals surface area contributed by atoms with E-state index >= 15 is 0 Å². The molecular formula is C16H24O3. The molecule has 0 saturated heterocycles. The van der Waals surface area contributed by atoms with Crippen LogP contribution in [-0.4, -0.2) is 17.7 Å². The fourth-order valence-electron chi connectivity index (χ4n) is 1.95. The maximum absolute atomic E-state index is 11.3. The first-order chi connectivity index (χ1) is 8.86. The summed E-state index contributed by atoms with van der Waals surface area (Å²) < 4.78 is 4.87. The van der Waals surface area contributed by atoms with E-state index in [1.807, 2.05) is 24.3 Å². The number of aliphatic hydroxyl groups is 1. The smallest absolute Gasteiger partial charge is 0.305 e. The quantitative estimate of drug-likeness (QED) is 0.801. The van der Waals surface area contributed by atoms with Crippen LogP contribution in [0.5, 0.6) is 0 Å². The van der Waals surface area contributed by atoms with Crippen LogP contribution in [0.4, 0.5) is 0 Å². The number of ether oxygens (including phenoxy) is 1. The second-order valence-electron chi connectivity index (χ2n) is 5.36. The first-order valence-electron chi connectivity index (χ1n) is 6.85. The van der Waals surface area contributed by atoms with Gasteiger partial charge in [0.05, 0.1) is 12.2 Å². The number of esters is 1. The molecule has 1 N–H and O–H groups in total. The Bertz CT molecular complexity index is 405. The van der Waals surface area contributed by atoms with E-state index in [0.717, 1.165) is 5.56 Å². The number of rotatable bonds is 6. The van der Waals surface area contributed by atoms with E-state index in [1.54, 1.807) is 13.8 Å². The summed E-state index contributed by atoms with van der Waals surface area (Å²) in [6.07, 6.45) is 0.597. The minimum Gasteiger partial charge on any atom is -0.466 e. The van der Waals surface area contributed by atoms with Crippen molar-refractivity contribution < 1.29 is 14.6 Å². The maximum Gasteiger partial charge on any atom is 0.305 e. The highest BCUT2D eigenvalue weighted by molar-refractivity contribution is 5.69. The number of hydrogen-bond donors (Lipinski definition) is 1. The number of carbonyl (C=O) groups is 1. The highest BCUT2D eigenvalue weighted by atomic mass is 16.5. The van der Waals surface area contributed by atoms with Gasteiger partial charge in [-0.1, -0.05) is 38.1 Å². The highest BCUT2D eigenvalue weighted by Gasteiger charge is 2.24. The molecule has 0 spiro atoms. The number of carbonyl (C=O) groups excluding carboxylic acids is 1. The van der Waals surface area contributed by atoms with Crippen LogP contribution in [0, 0.1) is 0 Å². The lowest BCUT2D eigenvalue weighted by atomic mass is 9.89. The Hall–Kier alpha value is -1.35. The first-order valence-corrected chi connectivity index (χ1v) is 6.85. The zero-order chi connectivity index (χ0) is 14.5. The van der Waals surface area contributed by atoms with Gasteiger partial charge in [-0.15, -0.1) is 0 Å². The van der Waals surface area contributed by atoms with Crippen molar-refractivity contribution in [1.82, 2.24) is 0 Å². The summed E-state index contributed by atoms with van der Waals surface area (Å²) in [6, 6.07) is 7.92. The first kappa shape index (κ1) is 15.7. The minimum atomic E-state index is -0.998. The van der Waals surface area contributed by atoms with Gasteiger partial charge in [-0.3, -0.25) is 4.79 Å². The van der Waals surface area contributed by atoms with Gasteiger partial charge in [0, 0.05) is 6.42 Å². The molecule has 0 bridgehead atoms. The molecule has 1 unspecified atom stereocenters. The van der Waals surface area contributed by atoms with Crippen LogP contribution in [-0.2, 0) is 15.1 Å². The molecule has 1 atom stereocenters. The zero-order valence-corrected chi connectivity index (χ0v) is 12.3. The molecule has 1 aromatic rings. The molecule has 0 aromatic heterocycles. The molecule has 1 aromatic carbocycles. The summed E-state index contributed by atoms with van der Waals surface area (Å²) in [5.74, 6) is 0.208. The molecule has 0 fully saturated rings. The molecule has 0 radical (unpaired) electrons. The predicted molar refractivity (Wildman–Crippen MR) is 76.0 cm³/mol. The van der Waals surface area contributed by atoms with Crippen LogP contribution in [0.25, 0.3) is 0 Å². The lowest BCUT2D eigenvalue weighted by molar-refractivity contribution is -0.144. The average Bonchev–Trinajstić information content (AvgIpc) is 2.37. The number of benzene rings is 1. The Morgan fingerprint density at radius 2 is 1.89 bits per heavy atom. The Morgan fingerprint density at radius 3 is 2.37 bits per heavy atom. The van der Waals surface area contributed by atoms with E-state index < -0.39 is 5.60 Å². The second kappa shape index (κ2) is 6.71. The molecular weight excluding hydrogens is 240 g/mol. The molecule has 19 heavy (non-hydrogen) atoms. The molecule has 106 valence electrons. The second-order valence-corrected chi connectivity index (χ2v) is 5.36. The molecule has 0 amide bonds. The molecule has 0 aliphatic rings. The third kappa shape index (κ3) is 4.67. The van der Waals surface area contributed by atoms with Crippen molar-refractivity contribution in [3.8, 4) is 0 Å². The lowest BCUT2D eigenvalue weighted by Crippen LogP contribution is -2.23. The fraction of sp³-hybridized carbons (Fsp3) is 0.562. The van der Waals surface area contributed by atoms with Gasteiger partial charge in [-0.2, -0.15) is 0 Å². The summed E-state index contributed by atoms with van der Waals surface area (Å²) in [7, 11) is 0. The van der Waals surface area contributed by atoms with Crippen LogP contribution in [0.2, 0.25) is 0 Å². The zero-order valence-electron chi connectivity index (χ0n) is 12.3. The van der Waals surface area contributed by atoms with E-state index in [-0.39, 0.29) is 12.4 Å². The molecule has 0 aliphatic carbocycles. The van der Waals surface area contributed by atoms with Crippen LogP contribution >= 0.6 is 0 Å². The van der Waals surface area contributed by atoms with Gasteiger partial charge in [0.1, 0.15) is 0 Å². The predicted octanol–water partition coefficient (Wildman–Crippen LogP) is 3.36. The van der Waals surface area contributed by atoms with Crippen LogP contribution in [0.3, 0.4) is 0 Å². The summed E-state index contributed by atoms with van der Waals surface area (Å²) in [6.45, 7) is 8.16. The topological polar surface area (TPSA) is 46.5 Å². The van der Waals surface area contributed by atoms with Gasteiger partial charge in [-0.05, 0) is 37.3 Å². The molecule has 0 heterocycles. The normalized spacial score (nSPS) is 14.2. The highest BCUT2D eigenvalue weighted by Crippen LogP contribution is 2.27. The Kier molecular flexibility index (Phi) is 5.55. The van der Waals surface area contributed by atoms with Crippen molar-refractivity contribution >= 4 is 5.97 Å². The van der Waals surface area contributed by atoms with Gasteiger partial charge in [-0.25, -0.2) is 0 Å². The van der Waals surface area contributed by atoms with Gasteiger partial charge >= 0.3 is 5.97 Å². The van der Waals surface area contributed by atoms with E-state index in [1.165, 1.54) is 5.56 Å². The number of hydrogen-bond acceptors (Lipinski definition) is 3. The van der Waals surface area contributed by atoms with E-state index in [9.17, 15) is 9.90 Å². The monoisotopic (exact) mass is 264 g/mol. The largest absolute Gasteiger partial charge is 0.466 e. The average molecular weight is 264 g/mol. The van der Waals surface area contributed by atoms with Crippen molar-refractivity contribution in [2.75, 3.05) is 6.61 Å². The van der Waals surface area contributed by atoms with Crippen molar-refractivity contribution in [3.05, 3.63) is 35.4 Å². The van der Waals surface area contributed by atoms with Gasteiger partial charge in [0.25, 0.3) is 0 Å². The van der Waals surface area contributed by atoms with Crippen LogP contribution in [0.15, 0.2) is 24.3 Å². The van der Waals surface area contributed by atoms with E-state index in [2.05, 4.69) is 13.8 Å². The molecule has 3 nitrogen and oxygen atoms in total. The summed E-state index contributed by atoms with van der Waals surface area (Å²) >= 11 is 0. The lowest BCUT2D eigenvalue weighted by Gasteiger charge is -2.24.